The number of fused-ring (bicyclic) bond motifs is 1. The number of methoxy groups -OCH3 is 2. The highest BCUT2D eigenvalue weighted by molar-refractivity contribution is 9.10. The summed E-state index contributed by atoms with van der Waals surface area (Å²) in [6.07, 6.45) is 0.943. The van der Waals surface area contributed by atoms with Crippen molar-refractivity contribution in [3.8, 4) is 28.7 Å². The number of benzene rings is 3. The zero-order valence-corrected chi connectivity index (χ0v) is 20.4. The molecule has 0 fully saturated rings. The Hall–Kier alpha value is -2.90. The minimum Gasteiger partial charge on any atom is -0.497 e. The molecule has 1 aliphatic heterocycles. The summed E-state index contributed by atoms with van der Waals surface area (Å²) in [6, 6.07) is 18.1. The third-order valence-corrected chi connectivity index (χ3v) is 5.95. The predicted octanol–water partition coefficient (Wildman–Crippen LogP) is 5.15. The van der Waals surface area contributed by atoms with Crippen LogP contribution in [0.2, 0.25) is 0 Å². The lowest BCUT2D eigenvalue weighted by Crippen LogP contribution is -2.16. The van der Waals surface area contributed by atoms with Crippen LogP contribution in [0.4, 0.5) is 0 Å². The Morgan fingerprint density at radius 3 is 2.36 bits per heavy atom. The Kier molecular flexibility index (Phi) is 7.96. The van der Waals surface area contributed by atoms with Crippen molar-refractivity contribution >= 4 is 15.9 Å². The lowest BCUT2D eigenvalue weighted by molar-refractivity contribution is 0.171. The van der Waals surface area contributed by atoms with Gasteiger partial charge in [0.1, 0.15) is 25.6 Å². The first-order valence-corrected chi connectivity index (χ1v) is 11.7. The highest BCUT2D eigenvalue weighted by Gasteiger charge is 2.15. The van der Waals surface area contributed by atoms with E-state index >= 15 is 0 Å². The average molecular weight is 514 g/mol. The van der Waals surface area contributed by atoms with Crippen LogP contribution in [0.1, 0.15) is 16.7 Å². The van der Waals surface area contributed by atoms with E-state index in [1.54, 1.807) is 14.2 Å². The van der Waals surface area contributed by atoms with Crippen LogP contribution < -0.4 is 29.0 Å². The number of halogens is 1. The maximum atomic E-state index is 6.09. The van der Waals surface area contributed by atoms with E-state index < -0.39 is 0 Å². The second-order valence-electron chi connectivity index (χ2n) is 7.65. The molecule has 0 aliphatic carbocycles. The summed E-state index contributed by atoms with van der Waals surface area (Å²) in [5.41, 5.74) is 3.38. The van der Waals surface area contributed by atoms with Crippen molar-refractivity contribution in [2.24, 2.45) is 0 Å². The number of rotatable bonds is 10. The molecule has 0 amide bonds. The predicted molar refractivity (Wildman–Crippen MR) is 131 cm³/mol. The van der Waals surface area contributed by atoms with E-state index in [1.165, 1.54) is 5.56 Å². The third-order valence-electron chi connectivity index (χ3n) is 5.36. The van der Waals surface area contributed by atoms with Gasteiger partial charge < -0.3 is 29.0 Å². The summed E-state index contributed by atoms with van der Waals surface area (Å²) in [6.45, 7) is 3.13. The number of nitrogens with one attached hydrogen (secondary N) is 1. The minimum absolute atomic E-state index is 0.394. The molecule has 0 radical (unpaired) electrons. The molecular formula is C26H28BrNO5. The minimum atomic E-state index is 0.394. The van der Waals surface area contributed by atoms with Crippen LogP contribution in [0.5, 0.6) is 28.7 Å². The Labute approximate surface area is 202 Å². The smallest absolute Gasteiger partial charge is 0.175 e. The van der Waals surface area contributed by atoms with Gasteiger partial charge in [0.05, 0.1) is 18.7 Å². The number of ether oxygens (including phenoxy) is 5. The quantitative estimate of drug-likeness (QED) is 0.378. The Morgan fingerprint density at radius 1 is 0.848 bits per heavy atom. The van der Waals surface area contributed by atoms with Gasteiger partial charge in [-0.3, -0.25) is 0 Å². The van der Waals surface area contributed by atoms with Crippen LogP contribution in [-0.2, 0) is 19.6 Å². The standard InChI is InChI=1S/C26H28BrNO5/c1-29-21-6-3-18(4-7-21)9-10-28-16-20-13-22(27)26(25(15-20)30-2)33-17-19-5-8-23-24(14-19)32-12-11-31-23/h3-8,13-15,28H,9-12,16-17H2,1-2H3. The van der Waals surface area contributed by atoms with Gasteiger partial charge in [-0.25, -0.2) is 0 Å². The molecule has 4 rings (SSSR count). The van der Waals surface area contributed by atoms with E-state index in [9.17, 15) is 0 Å². The van der Waals surface area contributed by atoms with E-state index in [1.807, 2.05) is 36.4 Å². The Bertz CT molecular complexity index is 1070. The molecular weight excluding hydrogens is 486 g/mol. The van der Waals surface area contributed by atoms with Gasteiger partial charge in [-0.1, -0.05) is 18.2 Å². The third kappa shape index (κ3) is 6.12. The van der Waals surface area contributed by atoms with Crippen molar-refractivity contribution in [3.63, 3.8) is 0 Å². The Morgan fingerprint density at radius 2 is 1.61 bits per heavy atom. The molecule has 3 aromatic carbocycles. The molecule has 0 unspecified atom stereocenters. The van der Waals surface area contributed by atoms with Crippen molar-refractivity contribution in [3.05, 3.63) is 75.8 Å². The molecule has 6 nitrogen and oxygen atoms in total. The molecule has 1 N–H and O–H groups in total. The van der Waals surface area contributed by atoms with Crippen LogP contribution >= 0.6 is 15.9 Å². The fourth-order valence-electron chi connectivity index (χ4n) is 3.61. The highest BCUT2D eigenvalue weighted by Crippen LogP contribution is 2.38. The van der Waals surface area contributed by atoms with Crippen molar-refractivity contribution in [2.75, 3.05) is 34.0 Å². The summed E-state index contributed by atoms with van der Waals surface area (Å²) in [4.78, 5) is 0. The second kappa shape index (κ2) is 11.3. The SMILES string of the molecule is COc1ccc(CCNCc2cc(Br)c(OCc3ccc4c(c3)OCCO4)c(OC)c2)cc1. The van der Waals surface area contributed by atoms with Crippen LogP contribution in [0.25, 0.3) is 0 Å². The van der Waals surface area contributed by atoms with E-state index in [-0.39, 0.29) is 0 Å². The molecule has 1 heterocycles. The topological polar surface area (TPSA) is 58.2 Å². The van der Waals surface area contributed by atoms with E-state index in [0.717, 1.165) is 52.4 Å². The monoisotopic (exact) mass is 513 g/mol. The van der Waals surface area contributed by atoms with Gasteiger partial charge in [0.25, 0.3) is 0 Å². The molecule has 33 heavy (non-hydrogen) atoms. The highest BCUT2D eigenvalue weighted by atomic mass is 79.9. The summed E-state index contributed by atoms with van der Waals surface area (Å²) in [5, 5.41) is 3.49. The maximum absolute atomic E-state index is 6.09. The molecule has 0 saturated heterocycles. The average Bonchev–Trinajstić information content (AvgIpc) is 2.86. The van der Waals surface area contributed by atoms with Crippen LogP contribution in [0, 0.1) is 0 Å². The first-order valence-electron chi connectivity index (χ1n) is 10.9. The van der Waals surface area contributed by atoms with Crippen molar-refractivity contribution < 1.29 is 23.7 Å². The summed E-state index contributed by atoms with van der Waals surface area (Å²) in [7, 11) is 3.33. The molecule has 0 bridgehead atoms. The summed E-state index contributed by atoms with van der Waals surface area (Å²) in [5.74, 6) is 3.76. The fourth-order valence-corrected chi connectivity index (χ4v) is 4.21. The summed E-state index contributed by atoms with van der Waals surface area (Å²) >= 11 is 3.64. The lowest BCUT2D eigenvalue weighted by atomic mass is 10.1. The second-order valence-corrected chi connectivity index (χ2v) is 8.50. The van der Waals surface area contributed by atoms with Gasteiger partial charge in [0.15, 0.2) is 23.0 Å². The lowest BCUT2D eigenvalue weighted by Gasteiger charge is -2.19. The molecule has 0 saturated carbocycles. The van der Waals surface area contributed by atoms with Gasteiger partial charge in [0, 0.05) is 6.54 Å². The molecule has 7 heteroatoms. The summed E-state index contributed by atoms with van der Waals surface area (Å²) < 4.78 is 29.0. The number of hydrogen-bond donors (Lipinski definition) is 1. The van der Waals surface area contributed by atoms with Gasteiger partial charge in [-0.2, -0.15) is 0 Å². The normalized spacial score (nSPS) is 12.3. The molecule has 1 aliphatic rings. The zero-order valence-electron chi connectivity index (χ0n) is 18.9. The largest absolute Gasteiger partial charge is 0.497 e. The molecule has 3 aromatic rings. The molecule has 0 atom stereocenters. The van der Waals surface area contributed by atoms with Crippen LogP contribution in [0.3, 0.4) is 0 Å². The zero-order chi connectivity index (χ0) is 23.0. The van der Waals surface area contributed by atoms with E-state index in [0.29, 0.717) is 31.3 Å². The van der Waals surface area contributed by atoms with Gasteiger partial charge >= 0.3 is 0 Å². The van der Waals surface area contributed by atoms with Crippen molar-refractivity contribution in [1.29, 1.82) is 0 Å². The molecule has 0 aromatic heterocycles. The first kappa shape index (κ1) is 23.3. The molecule has 0 spiro atoms. The van der Waals surface area contributed by atoms with E-state index in [4.69, 9.17) is 23.7 Å². The Balaban J connectivity index is 1.33. The van der Waals surface area contributed by atoms with Crippen LogP contribution in [0.15, 0.2) is 59.1 Å². The van der Waals surface area contributed by atoms with Gasteiger partial charge in [-0.15, -0.1) is 0 Å². The van der Waals surface area contributed by atoms with Crippen LogP contribution in [-0.4, -0.2) is 34.0 Å². The maximum Gasteiger partial charge on any atom is 0.175 e. The van der Waals surface area contributed by atoms with Gasteiger partial charge in [0.2, 0.25) is 0 Å². The molecule has 174 valence electrons. The van der Waals surface area contributed by atoms with Gasteiger partial charge in [-0.05, 0) is 82.0 Å². The van der Waals surface area contributed by atoms with Crippen molar-refractivity contribution in [1.82, 2.24) is 5.32 Å². The first-order chi connectivity index (χ1) is 16.2. The van der Waals surface area contributed by atoms with E-state index in [2.05, 4.69) is 39.4 Å². The fraction of sp³-hybridized carbons (Fsp3) is 0.308. The van der Waals surface area contributed by atoms with Crippen molar-refractivity contribution in [2.45, 2.75) is 19.6 Å². The number of hydrogen-bond acceptors (Lipinski definition) is 6.